The van der Waals surface area contributed by atoms with Crippen LogP contribution in [0.15, 0.2) is 11.6 Å². The summed E-state index contributed by atoms with van der Waals surface area (Å²) in [7, 11) is 0. The molecule has 2 saturated carbocycles. The molecule has 2 aliphatic rings. The fraction of sp³-hybridized carbons (Fsp3) is 0.875. The van der Waals surface area contributed by atoms with Crippen LogP contribution in [-0.2, 0) is 9.53 Å². The molecule has 5 atom stereocenters. The molecule has 0 heterocycles. The fourth-order valence-electron chi connectivity index (χ4n) is 5.31. The van der Waals surface area contributed by atoms with Crippen molar-refractivity contribution in [1.29, 1.82) is 0 Å². The third kappa shape index (κ3) is 4.60. The molecule has 0 aliphatic heterocycles. The lowest BCUT2D eigenvalue weighted by molar-refractivity contribution is -0.182. The molecule has 27 heavy (non-hydrogen) atoms. The van der Waals surface area contributed by atoms with Gasteiger partial charge in [0.15, 0.2) is 0 Å². The van der Waals surface area contributed by atoms with Gasteiger partial charge in [-0.2, -0.15) is 0 Å². The highest BCUT2D eigenvalue weighted by molar-refractivity contribution is 5.80. The van der Waals surface area contributed by atoms with Gasteiger partial charge in [-0.25, -0.2) is 0 Å². The molecule has 5 unspecified atom stereocenters. The van der Waals surface area contributed by atoms with Crippen molar-refractivity contribution >= 4 is 5.97 Å². The van der Waals surface area contributed by atoms with E-state index in [1.807, 2.05) is 20.8 Å². The lowest BCUT2D eigenvalue weighted by Gasteiger charge is -2.44. The van der Waals surface area contributed by atoms with Crippen molar-refractivity contribution in [3.63, 3.8) is 0 Å². The number of ether oxygens (including phenoxy) is 1. The van der Waals surface area contributed by atoms with Gasteiger partial charge in [-0.1, -0.05) is 52.7 Å². The molecule has 1 N–H and O–H groups in total. The Morgan fingerprint density at radius 1 is 1.22 bits per heavy atom. The Labute approximate surface area is 167 Å². The van der Waals surface area contributed by atoms with Gasteiger partial charge in [-0.05, 0) is 70.1 Å². The molecule has 2 bridgehead atoms. The minimum atomic E-state index is -0.718. The summed E-state index contributed by atoms with van der Waals surface area (Å²) in [5.41, 5.74) is -1.04. The Bertz CT molecular complexity index is 583. The van der Waals surface area contributed by atoms with Crippen LogP contribution in [0.2, 0.25) is 0 Å². The van der Waals surface area contributed by atoms with E-state index in [0.717, 1.165) is 44.1 Å². The normalized spacial score (nSPS) is 36.3. The van der Waals surface area contributed by atoms with Crippen LogP contribution in [0.3, 0.4) is 0 Å². The van der Waals surface area contributed by atoms with Crippen molar-refractivity contribution in [1.82, 2.24) is 0 Å². The van der Waals surface area contributed by atoms with Crippen molar-refractivity contribution in [3.05, 3.63) is 11.6 Å². The van der Waals surface area contributed by atoms with Crippen LogP contribution in [0.25, 0.3) is 0 Å². The standard InChI is InChI=1S/C24H42O3/c1-9-23(26)12-10-11-19-15-24(16-23,14-18(19)4)27-20(25)22(8,13-17(2)3)21(5,6)7/h13,18-19,26H,9-12,14-16H2,1-8H3. The first-order valence-corrected chi connectivity index (χ1v) is 10.9. The number of esters is 1. The molecule has 0 saturated heterocycles. The van der Waals surface area contributed by atoms with Crippen LogP contribution < -0.4 is 0 Å². The number of carbonyl (C=O) groups is 1. The van der Waals surface area contributed by atoms with Crippen LogP contribution in [0.1, 0.15) is 100 Å². The molecule has 2 aliphatic carbocycles. The molecular weight excluding hydrogens is 336 g/mol. The second-order valence-corrected chi connectivity index (χ2v) is 11.0. The number of hydrogen-bond donors (Lipinski definition) is 1. The molecule has 0 amide bonds. The minimum Gasteiger partial charge on any atom is -0.458 e. The van der Waals surface area contributed by atoms with E-state index in [4.69, 9.17) is 4.74 Å². The zero-order chi connectivity index (χ0) is 20.7. The summed E-state index contributed by atoms with van der Waals surface area (Å²) in [5, 5.41) is 11.2. The van der Waals surface area contributed by atoms with Gasteiger partial charge in [0.2, 0.25) is 0 Å². The SMILES string of the molecule is CCC1(O)CCCC2CC(OC(=O)C(C)(C=C(C)C)C(C)(C)C)(CC2C)C1. The van der Waals surface area contributed by atoms with Gasteiger partial charge in [-0.15, -0.1) is 0 Å². The highest BCUT2D eigenvalue weighted by atomic mass is 16.6. The molecule has 0 aromatic carbocycles. The number of fused-ring (bicyclic) bond motifs is 2. The molecular formula is C24H42O3. The van der Waals surface area contributed by atoms with Gasteiger partial charge in [-0.3, -0.25) is 4.79 Å². The van der Waals surface area contributed by atoms with Crippen molar-refractivity contribution in [2.75, 3.05) is 0 Å². The van der Waals surface area contributed by atoms with Gasteiger partial charge in [0.25, 0.3) is 0 Å². The summed E-state index contributed by atoms with van der Waals surface area (Å²) in [6.45, 7) is 16.7. The maximum Gasteiger partial charge on any atom is 0.316 e. The number of rotatable bonds is 4. The van der Waals surface area contributed by atoms with Gasteiger partial charge < -0.3 is 9.84 Å². The van der Waals surface area contributed by atoms with Crippen molar-refractivity contribution in [3.8, 4) is 0 Å². The van der Waals surface area contributed by atoms with Gasteiger partial charge in [0.05, 0.1) is 11.0 Å². The first kappa shape index (κ1) is 22.5. The monoisotopic (exact) mass is 378 g/mol. The molecule has 0 aromatic heterocycles. The fourth-order valence-corrected chi connectivity index (χ4v) is 5.31. The highest BCUT2D eigenvalue weighted by Gasteiger charge is 2.54. The third-order valence-electron chi connectivity index (χ3n) is 7.53. The summed E-state index contributed by atoms with van der Waals surface area (Å²) in [6.07, 6.45) is 8.16. The van der Waals surface area contributed by atoms with Crippen molar-refractivity contribution in [2.45, 2.75) is 112 Å². The third-order valence-corrected chi connectivity index (χ3v) is 7.53. The number of allylic oxidation sites excluding steroid dienone is 1. The lowest BCUT2D eigenvalue weighted by atomic mass is 9.67. The quantitative estimate of drug-likeness (QED) is 0.478. The van der Waals surface area contributed by atoms with E-state index in [0.29, 0.717) is 18.3 Å². The van der Waals surface area contributed by atoms with Crippen molar-refractivity contribution in [2.24, 2.45) is 22.7 Å². The maximum atomic E-state index is 13.6. The van der Waals surface area contributed by atoms with Gasteiger partial charge >= 0.3 is 5.97 Å². The van der Waals surface area contributed by atoms with E-state index in [1.165, 1.54) is 0 Å². The van der Waals surface area contributed by atoms with Gasteiger partial charge in [0, 0.05) is 6.42 Å². The Morgan fingerprint density at radius 3 is 2.37 bits per heavy atom. The molecule has 0 aromatic rings. The molecule has 2 fully saturated rings. The Morgan fingerprint density at radius 2 is 1.85 bits per heavy atom. The zero-order valence-corrected chi connectivity index (χ0v) is 18.9. The first-order chi connectivity index (χ1) is 12.3. The predicted molar refractivity (Wildman–Crippen MR) is 111 cm³/mol. The lowest BCUT2D eigenvalue weighted by Crippen LogP contribution is -2.48. The average molecular weight is 379 g/mol. The Kier molecular flexibility index (Phi) is 6.27. The summed E-state index contributed by atoms with van der Waals surface area (Å²) in [4.78, 5) is 13.6. The van der Waals surface area contributed by atoms with Gasteiger partial charge in [0.1, 0.15) is 5.60 Å². The van der Waals surface area contributed by atoms with Crippen LogP contribution in [0, 0.1) is 22.7 Å². The second kappa shape index (κ2) is 7.54. The summed E-state index contributed by atoms with van der Waals surface area (Å²) in [6, 6.07) is 0. The summed E-state index contributed by atoms with van der Waals surface area (Å²) >= 11 is 0. The molecule has 3 nitrogen and oxygen atoms in total. The largest absolute Gasteiger partial charge is 0.458 e. The van der Waals surface area contributed by atoms with E-state index in [2.05, 4.69) is 40.7 Å². The van der Waals surface area contributed by atoms with E-state index in [1.54, 1.807) is 0 Å². The number of carbonyl (C=O) groups excluding carboxylic acids is 1. The zero-order valence-electron chi connectivity index (χ0n) is 18.9. The van der Waals surface area contributed by atoms with Crippen LogP contribution >= 0.6 is 0 Å². The molecule has 0 spiro atoms. The smallest absolute Gasteiger partial charge is 0.316 e. The summed E-state index contributed by atoms with van der Waals surface area (Å²) < 4.78 is 6.42. The second-order valence-electron chi connectivity index (χ2n) is 11.0. The molecule has 0 radical (unpaired) electrons. The van der Waals surface area contributed by atoms with E-state index in [-0.39, 0.29) is 11.4 Å². The van der Waals surface area contributed by atoms with E-state index in [9.17, 15) is 9.90 Å². The first-order valence-electron chi connectivity index (χ1n) is 10.9. The number of hydrogen-bond acceptors (Lipinski definition) is 3. The van der Waals surface area contributed by atoms with Crippen LogP contribution in [0.4, 0.5) is 0 Å². The number of aliphatic hydroxyl groups is 1. The molecule has 2 rings (SSSR count). The predicted octanol–water partition coefficient (Wildman–Crippen LogP) is 6.05. The molecule has 3 heteroatoms. The van der Waals surface area contributed by atoms with E-state index < -0.39 is 16.6 Å². The maximum absolute atomic E-state index is 13.6. The van der Waals surface area contributed by atoms with Crippen LogP contribution in [0.5, 0.6) is 0 Å². The molecule has 156 valence electrons. The highest BCUT2D eigenvalue weighted by Crippen LogP contribution is 2.52. The minimum absolute atomic E-state index is 0.136. The van der Waals surface area contributed by atoms with E-state index >= 15 is 0 Å². The van der Waals surface area contributed by atoms with Crippen LogP contribution in [-0.4, -0.2) is 22.3 Å². The summed E-state index contributed by atoms with van der Waals surface area (Å²) in [5.74, 6) is 1.01. The Hall–Kier alpha value is -0.830. The topological polar surface area (TPSA) is 46.5 Å². The van der Waals surface area contributed by atoms with Crippen molar-refractivity contribution < 1.29 is 14.6 Å². The Balaban J connectivity index is 2.38. The average Bonchev–Trinajstić information content (AvgIpc) is 2.81.